The van der Waals surface area contributed by atoms with Crippen molar-refractivity contribution in [3.63, 3.8) is 0 Å². The Morgan fingerprint density at radius 3 is 2.33 bits per heavy atom. The number of nitrogens with zero attached hydrogens (tertiary/aromatic N) is 7. The van der Waals surface area contributed by atoms with E-state index in [9.17, 15) is 14.4 Å². The van der Waals surface area contributed by atoms with Crippen LogP contribution in [0.25, 0.3) is 11.1 Å². The van der Waals surface area contributed by atoms with Gasteiger partial charge in [-0.3, -0.25) is 24.6 Å². The zero-order chi connectivity index (χ0) is 42.1. The fourth-order valence-electron chi connectivity index (χ4n) is 9.03. The quantitative estimate of drug-likeness (QED) is 0.166. The van der Waals surface area contributed by atoms with Gasteiger partial charge in [0, 0.05) is 66.8 Å². The molecule has 2 aromatic heterocycles. The zero-order valence-electron chi connectivity index (χ0n) is 33.4. The summed E-state index contributed by atoms with van der Waals surface area (Å²) in [5.74, 6) is -5.50. The van der Waals surface area contributed by atoms with Crippen molar-refractivity contribution in [2.45, 2.75) is 50.2 Å². The largest absolute Gasteiger partial charge is 0.368 e. The Labute approximate surface area is 355 Å². The van der Waals surface area contributed by atoms with Gasteiger partial charge in [0.25, 0.3) is 17.7 Å². The minimum atomic E-state index is -2.98. The number of carbonyl (C=O) groups excluding carboxylic acids is 3. The minimum absolute atomic E-state index is 0.0527. The maximum atomic E-state index is 15.9. The molecule has 11 nitrogen and oxygen atoms in total. The Kier molecular flexibility index (Phi) is 11.3. The molecule has 3 amide bonds. The minimum Gasteiger partial charge on any atom is -0.368 e. The van der Waals surface area contributed by atoms with E-state index in [2.05, 4.69) is 20.2 Å². The van der Waals surface area contributed by atoms with Gasteiger partial charge in [-0.2, -0.15) is 0 Å². The number of likely N-dealkylation sites (tertiary alicyclic amines) is 1. The van der Waals surface area contributed by atoms with Crippen LogP contribution >= 0.6 is 11.3 Å². The number of piperazine rings is 1. The number of fused-ring (bicyclic) bond motifs is 2. The molecule has 61 heavy (non-hydrogen) atoms. The molecule has 314 valence electrons. The summed E-state index contributed by atoms with van der Waals surface area (Å²) in [5.41, 5.74) is 4.58. The van der Waals surface area contributed by atoms with Crippen molar-refractivity contribution in [3.8, 4) is 11.1 Å². The van der Waals surface area contributed by atoms with Crippen molar-refractivity contribution in [3.05, 3.63) is 143 Å². The van der Waals surface area contributed by atoms with E-state index in [1.54, 1.807) is 58.0 Å². The van der Waals surface area contributed by atoms with Gasteiger partial charge in [-0.25, -0.2) is 23.1 Å². The highest BCUT2D eigenvalue weighted by Crippen LogP contribution is 2.41. The van der Waals surface area contributed by atoms with E-state index in [1.165, 1.54) is 22.3 Å². The van der Waals surface area contributed by atoms with Gasteiger partial charge in [0.2, 0.25) is 5.91 Å². The first kappa shape index (κ1) is 40.4. The third kappa shape index (κ3) is 8.36. The summed E-state index contributed by atoms with van der Waals surface area (Å²) in [6, 6.07) is 25.9. The molecule has 2 atom stereocenters. The molecule has 4 aliphatic heterocycles. The number of carbonyl (C=O) groups is 3. The lowest BCUT2D eigenvalue weighted by atomic mass is 9.86. The van der Waals surface area contributed by atoms with Crippen LogP contribution in [0.15, 0.2) is 109 Å². The lowest BCUT2D eigenvalue weighted by Crippen LogP contribution is -2.54. The molecule has 2 saturated heterocycles. The lowest BCUT2D eigenvalue weighted by Gasteiger charge is -2.40. The van der Waals surface area contributed by atoms with Crippen molar-refractivity contribution in [1.29, 1.82) is 0 Å². The van der Waals surface area contributed by atoms with Crippen LogP contribution in [0, 0.1) is 5.82 Å². The molecular formula is C46H45F3N8O3S. The van der Waals surface area contributed by atoms with E-state index in [4.69, 9.17) is 0 Å². The van der Waals surface area contributed by atoms with Crippen LogP contribution < -0.4 is 10.2 Å². The number of alkyl halides is 2. The number of benzene rings is 2. The summed E-state index contributed by atoms with van der Waals surface area (Å²) in [7, 11) is 0. The third-order valence-electron chi connectivity index (χ3n) is 12.2. The highest BCUT2D eigenvalue weighted by Gasteiger charge is 2.46. The van der Waals surface area contributed by atoms with Crippen LogP contribution in [0.3, 0.4) is 0 Å². The average Bonchev–Trinajstić information content (AvgIpc) is 4.08. The molecule has 3 aromatic carbocycles. The van der Waals surface area contributed by atoms with Gasteiger partial charge in [0.15, 0.2) is 11.2 Å². The predicted octanol–water partition coefficient (Wildman–Crippen LogP) is 7.33. The number of halogens is 3. The van der Waals surface area contributed by atoms with E-state index >= 15 is 13.2 Å². The molecule has 9 rings (SSSR count). The summed E-state index contributed by atoms with van der Waals surface area (Å²) in [6.45, 7) is 2.63. The second-order valence-corrected chi connectivity index (χ2v) is 16.8. The van der Waals surface area contributed by atoms with Crippen LogP contribution in [0.2, 0.25) is 0 Å². The van der Waals surface area contributed by atoms with Crippen molar-refractivity contribution in [2.75, 3.05) is 56.0 Å². The molecule has 0 bridgehead atoms. The molecule has 5 aromatic rings. The molecule has 2 unspecified atom stereocenters. The molecule has 0 saturated carbocycles. The topological polar surface area (TPSA) is 107 Å². The fraction of sp³-hybridized carbons (Fsp3) is 0.326. The number of piperidine rings is 1. The van der Waals surface area contributed by atoms with Crippen molar-refractivity contribution < 1.29 is 27.6 Å². The Hall–Kier alpha value is -6.06. The highest BCUT2D eigenvalue weighted by atomic mass is 32.1. The van der Waals surface area contributed by atoms with E-state index in [-0.39, 0.29) is 36.5 Å². The Morgan fingerprint density at radius 1 is 0.885 bits per heavy atom. The summed E-state index contributed by atoms with van der Waals surface area (Å²) in [6.07, 6.45) is 5.16. The molecular weight excluding hydrogens is 802 g/mol. The molecule has 15 heteroatoms. The maximum Gasteiger partial charge on any atom is 0.267 e. The van der Waals surface area contributed by atoms with Gasteiger partial charge in [-0.1, -0.05) is 66.7 Å². The number of aromatic nitrogens is 3. The first-order chi connectivity index (χ1) is 29.6. The third-order valence-corrected chi connectivity index (χ3v) is 12.9. The van der Waals surface area contributed by atoms with Gasteiger partial charge < -0.3 is 19.3 Å². The van der Waals surface area contributed by atoms with Crippen LogP contribution in [0.1, 0.15) is 57.7 Å². The fourth-order valence-corrected chi connectivity index (χ4v) is 9.56. The van der Waals surface area contributed by atoms with Gasteiger partial charge >= 0.3 is 0 Å². The Bertz CT molecular complexity index is 2460. The van der Waals surface area contributed by atoms with Crippen molar-refractivity contribution in [1.82, 2.24) is 29.2 Å². The van der Waals surface area contributed by atoms with E-state index in [0.717, 1.165) is 30.8 Å². The zero-order valence-corrected chi connectivity index (χ0v) is 34.2. The van der Waals surface area contributed by atoms with Crippen LogP contribution in [0.5, 0.6) is 0 Å². The van der Waals surface area contributed by atoms with E-state index in [1.807, 2.05) is 59.2 Å². The van der Waals surface area contributed by atoms with Crippen LogP contribution in [0.4, 0.5) is 24.0 Å². The number of aryl methyl sites for hydroxylation is 1. The van der Waals surface area contributed by atoms with Crippen LogP contribution in [-0.2, 0) is 29.1 Å². The number of hydrogen-bond acceptors (Lipinski definition) is 8. The number of hydrogen-bond donors (Lipinski definition) is 1. The van der Waals surface area contributed by atoms with Gasteiger partial charge in [-0.05, 0) is 66.8 Å². The SMILES string of the molecule is O=C(Nc1nccs1)C(c1ncn2c1CCC2)N1Cc2c(F)cc(-c3ccc(N4CCN(C(=O)CN5CCC(c6ccccccccc6)C(F)(F)C5)CC4)cc3)cc2C1=O. The summed E-state index contributed by atoms with van der Waals surface area (Å²) >= 11 is 1.27. The number of amides is 3. The molecule has 1 N–H and O–H groups in total. The van der Waals surface area contributed by atoms with E-state index in [0.29, 0.717) is 60.2 Å². The number of nitrogens with one attached hydrogen (secondary N) is 1. The first-order valence-electron chi connectivity index (χ1n) is 20.6. The van der Waals surface area contributed by atoms with Gasteiger partial charge in [0.1, 0.15) is 5.82 Å². The molecule has 0 aliphatic carbocycles. The first-order valence-corrected chi connectivity index (χ1v) is 21.5. The summed E-state index contributed by atoms with van der Waals surface area (Å²) < 4.78 is 49.0. The van der Waals surface area contributed by atoms with Gasteiger partial charge in [0.05, 0.1) is 37.6 Å². The molecule has 0 radical (unpaired) electrons. The van der Waals surface area contributed by atoms with Crippen molar-refractivity contribution in [2.24, 2.45) is 0 Å². The second kappa shape index (κ2) is 17.1. The average molecular weight is 847 g/mol. The summed E-state index contributed by atoms with van der Waals surface area (Å²) in [4.78, 5) is 56.9. The molecule has 0 spiro atoms. The number of thiazole rings is 1. The number of rotatable bonds is 9. The lowest BCUT2D eigenvalue weighted by molar-refractivity contribution is -0.136. The Morgan fingerprint density at radius 2 is 1.62 bits per heavy atom. The maximum absolute atomic E-state index is 15.9. The summed E-state index contributed by atoms with van der Waals surface area (Å²) in [5, 5.41) is 4.97. The molecule has 2 fully saturated rings. The van der Waals surface area contributed by atoms with E-state index < -0.39 is 42.1 Å². The molecule has 6 heterocycles. The smallest absolute Gasteiger partial charge is 0.267 e. The Balaban J connectivity index is 0.827. The second-order valence-electron chi connectivity index (χ2n) is 15.9. The normalized spacial score (nSPS) is 19.0. The van der Waals surface area contributed by atoms with Crippen molar-refractivity contribution >= 4 is 39.9 Å². The van der Waals surface area contributed by atoms with Gasteiger partial charge in [-0.15, -0.1) is 11.3 Å². The molecule has 4 aliphatic rings. The monoisotopic (exact) mass is 846 g/mol. The van der Waals surface area contributed by atoms with Crippen LogP contribution in [-0.4, -0.2) is 98.7 Å². The highest BCUT2D eigenvalue weighted by molar-refractivity contribution is 7.13. The predicted molar refractivity (Wildman–Crippen MR) is 227 cm³/mol. The number of anilines is 2. The number of imidazole rings is 1. The standard InChI is InChI=1S/C46H45F3N8O3S/c47-38-26-33(25-35-36(38)27-57(44(35)60)42(43(59)52-45-50-17-24-61-45)41-39-11-8-18-56(39)30-51-41)31-12-14-34(15-13-31)54-20-22-55(23-21-54)40(58)28-53-19-16-37(46(48,49)29-53)32-9-6-4-2-1-3-5-7-10-32/h1-7,9-10,12-15,17,24-26,30,37,42H,8,11,16,18-23,27-29H2,(H,50,52,59).